The summed E-state index contributed by atoms with van der Waals surface area (Å²) in [6.07, 6.45) is 10.3. The number of fused-ring (bicyclic) bond motifs is 2. The fourth-order valence-corrected chi connectivity index (χ4v) is 6.72. The van der Waals surface area contributed by atoms with Crippen molar-refractivity contribution in [1.29, 1.82) is 0 Å². The number of piperidine rings is 2. The second-order valence-corrected chi connectivity index (χ2v) is 11.0. The summed E-state index contributed by atoms with van der Waals surface area (Å²) >= 11 is 6.91. The van der Waals surface area contributed by atoms with Crippen LogP contribution in [0.15, 0.2) is 24.4 Å². The van der Waals surface area contributed by atoms with Crippen LogP contribution >= 0.6 is 11.6 Å². The Bertz CT molecular complexity index is 1000. The maximum Gasteiger partial charge on any atom is 0.135 e. The van der Waals surface area contributed by atoms with Gasteiger partial charge in [0, 0.05) is 60.4 Å². The molecular weight excluding hydrogens is 430 g/mol. The van der Waals surface area contributed by atoms with E-state index in [1.807, 2.05) is 6.20 Å². The molecule has 5 heterocycles. The van der Waals surface area contributed by atoms with E-state index >= 15 is 0 Å². The lowest BCUT2D eigenvalue weighted by atomic mass is 9.87. The van der Waals surface area contributed by atoms with E-state index in [9.17, 15) is 0 Å². The first-order valence-electron chi connectivity index (χ1n) is 12.9. The molecule has 176 valence electrons. The Hall–Kier alpha value is -1.82. The highest BCUT2D eigenvalue weighted by molar-refractivity contribution is 6.32. The summed E-state index contributed by atoms with van der Waals surface area (Å²) in [5.74, 6) is 1.62. The molecule has 1 N–H and O–H groups in total. The highest BCUT2D eigenvalue weighted by Crippen LogP contribution is 2.40. The number of anilines is 3. The van der Waals surface area contributed by atoms with E-state index in [2.05, 4.69) is 45.3 Å². The highest BCUT2D eigenvalue weighted by Gasteiger charge is 2.32. The zero-order chi connectivity index (χ0) is 22.4. The standard InChI is InChI=1S/C27H36ClN5/c1-31-17-21(18-31)32-13-8-19(9-14-32)20-15-24(28)22-5-6-23-26(33-11-3-2-4-12-33)7-10-29-27(23)30-25(22)16-20/h7,10,15-16,19,21H,2-6,8-9,11-14,17-18H2,1H3,(H,29,30). The van der Waals surface area contributed by atoms with Gasteiger partial charge >= 0.3 is 0 Å². The number of halogens is 1. The highest BCUT2D eigenvalue weighted by atomic mass is 35.5. The van der Waals surface area contributed by atoms with E-state index in [1.54, 1.807) is 0 Å². The van der Waals surface area contributed by atoms with Gasteiger partial charge in [0.2, 0.25) is 0 Å². The van der Waals surface area contributed by atoms with Crippen LogP contribution < -0.4 is 10.2 Å². The zero-order valence-electron chi connectivity index (χ0n) is 19.8. The van der Waals surface area contributed by atoms with E-state index < -0.39 is 0 Å². The van der Waals surface area contributed by atoms with Crippen molar-refractivity contribution in [3.05, 3.63) is 46.1 Å². The van der Waals surface area contributed by atoms with Crippen molar-refractivity contribution in [2.24, 2.45) is 0 Å². The second kappa shape index (κ2) is 9.09. The number of pyridine rings is 1. The molecular formula is C27H36ClN5. The Morgan fingerprint density at radius 3 is 2.48 bits per heavy atom. The summed E-state index contributed by atoms with van der Waals surface area (Å²) in [6, 6.07) is 7.62. The number of nitrogens with one attached hydrogen (secondary N) is 1. The van der Waals surface area contributed by atoms with E-state index in [0.29, 0.717) is 5.92 Å². The summed E-state index contributed by atoms with van der Waals surface area (Å²) < 4.78 is 0. The van der Waals surface area contributed by atoms with Crippen LogP contribution in [0.4, 0.5) is 17.2 Å². The van der Waals surface area contributed by atoms with Gasteiger partial charge in [-0.05, 0) is 100 Å². The summed E-state index contributed by atoms with van der Waals surface area (Å²) in [4.78, 5) is 12.4. The monoisotopic (exact) mass is 465 g/mol. The van der Waals surface area contributed by atoms with Crippen LogP contribution in [0.1, 0.15) is 54.7 Å². The molecule has 5 nitrogen and oxygen atoms in total. The van der Waals surface area contributed by atoms with Crippen LogP contribution in [0.25, 0.3) is 0 Å². The predicted octanol–water partition coefficient (Wildman–Crippen LogP) is 5.06. The Kier molecular flexibility index (Phi) is 5.97. The van der Waals surface area contributed by atoms with Crippen LogP contribution in [-0.4, -0.2) is 67.1 Å². The molecule has 0 amide bonds. The van der Waals surface area contributed by atoms with E-state index in [4.69, 9.17) is 16.6 Å². The minimum Gasteiger partial charge on any atom is -0.371 e. The van der Waals surface area contributed by atoms with Crippen LogP contribution in [-0.2, 0) is 12.8 Å². The van der Waals surface area contributed by atoms with Crippen molar-refractivity contribution in [2.45, 2.75) is 56.9 Å². The van der Waals surface area contributed by atoms with Crippen molar-refractivity contribution in [3.8, 4) is 0 Å². The van der Waals surface area contributed by atoms with Crippen LogP contribution in [0.3, 0.4) is 0 Å². The minimum atomic E-state index is 0.596. The molecule has 6 heteroatoms. The van der Waals surface area contributed by atoms with E-state index in [1.165, 1.54) is 86.3 Å². The Labute approximate surface area is 203 Å². The maximum absolute atomic E-state index is 6.91. The third kappa shape index (κ3) is 4.24. The predicted molar refractivity (Wildman–Crippen MR) is 137 cm³/mol. The molecule has 0 unspecified atom stereocenters. The zero-order valence-corrected chi connectivity index (χ0v) is 20.6. The average Bonchev–Trinajstić information content (AvgIpc) is 3.02. The first kappa shape index (κ1) is 21.7. The van der Waals surface area contributed by atoms with Crippen LogP contribution in [0.2, 0.25) is 5.02 Å². The van der Waals surface area contributed by atoms with Crippen molar-refractivity contribution < 1.29 is 0 Å². The lowest BCUT2D eigenvalue weighted by molar-refractivity contribution is 0.0363. The van der Waals surface area contributed by atoms with Gasteiger partial charge in [-0.25, -0.2) is 4.98 Å². The molecule has 0 aliphatic carbocycles. The molecule has 0 saturated carbocycles. The molecule has 2 aromatic rings. The molecule has 0 bridgehead atoms. The number of nitrogens with zero attached hydrogens (tertiary/aromatic N) is 4. The first-order chi connectivity index (χ1) is 16.2. The summed E-state index contributed by atoms with van der Waals surface area (Å²) in [7, 11) is 2.22. The van der Waals surface area contributed by atoms with Crippen molar-refractivity contribution in [2.75, 3.05) is 56.5 Å². The third-order valence-electron chi connectivity index (χ3n) is 8.39. The number of hydrogen-bond donors (Lipinski definition) is 1. The summed E-state index contributed by atoms with van der Waals surface area (Å²) in [5, 5.41) is 4.64. The molecule has 33 heavy (non-hydrogen) atoms. The van der Waals surface area contributed by atoms with Gasteiger partial charge in [0.15, 0.2) is 0 Å². The van der Waals surface area contributed by atoms with E-state index in [-0.39, 0.29) is 0 Å². The third-order valence-corrected chi connectivity index (χ3v) is 8.72. The fourth-order valence-electron chi connectivity index (χ4n) is 6.40. The molecule has 0 radical (unpaired) electrons. The number of benzene rings is 1. The topological polar surface area (TPSA) is 34.6 Å². The second-order valence-electron chi connectivity index (χ2n) is 10.5. The molecule has 0 spiro atoms. The first-order valence-corrected chi connectivity index (χ1v) is 13.3. The van der Waals surface area contributed by atoms with Crippen molar-refractivity contribution >= 4 is 28.8 Å². The Balaban J connectivity index is 1.22. The van der Waals surface area contributed by atoms with Crippen molar-refractivity contribution in [3.63, 3.8) is 0 Å². The molecule has 4 aliphatic rings. The lowest BCUT2D eigenvalue weighted by Gasteiger charge is -2.46. The maximum atomic E-state index is 6.91. The SMILES string of the molecule is CN1CC(N2CCC(c3cc(Cl)c4c(c3)Nc3nccc(N5CCCCC5)c3CC4)CC2)C1. The normalized spacial score (nSPS) is 22.8. The van der Waals surface area contributed by atoms with Gasteiger partial charge in [-0.2, -0.15) is 0 Å². The Morgan fingerprint density at radius 1 is 0.970 bits per heavy atom. The van der Waals surface area contributed by atoms with Gasteiger partial charge in [-0.1, -0.05) is 11.6 Å². The van der Waals surface area contributed by atoms with Crippen molar-refractivity contribution in [1.82, 2.24) is 14.8 Å². The average molecular weight is 466 g/mol. The van der Waals surface area contributed by atoms with Gasteiger partial charge in [-0.3, -0.25) is 4.90 Å². The van der Waals surface area contributed by atoms with Gasteiger partial charge in [-0.15, -0.1) is 0 Å². The number of hydrogen-bond acceptors (Lipinski definition) is 5. The number of rotatable bonds is 3. The van der Waals surface area contributed by atoms with Gasteiger partial charge < -0.3 is 15.1 Å². The molecule has 1 aromatic carbocycles. The molecule has 3 fully saturated rings. The summed E-state index contributed by atoms with van der Waals surface area (Å²) in [5.41, 5.74) is 6.53. The Morgan fingerprint density at radius 2 is 1.73 bits per heavy atom. The van der Waals surface area contributed by atoms with E-state index in [0.717, 1.165) is 42.8 Å². The largest absolute Gasteiger partial charge is 0.371 e. The van der Waals surface area contributed by atoms with Gasteiger partial charge in [0.1, 0.15) is 5.82 Å². The molecule has 6 rings (SSSR count). The van der Waals surface area contributed by atoms with Gasteiger partial charge in [0.25, 0.3) is 0 Å². The molecule has 1 aromatic heterocycles. The molecule has 4 aliphatic heterocycles. The summed E-state index contributed by atoms with van der Waals surface area (Å²) in [6.45, 7) is 7.17. The number of likely N-dealkylation sites (N-methyl/N-ethyl adjacent to an activating group) is 1. The molecule has 3 saturated heterocycles. The van der Waals surface area contributed by atoms with Crippen LogP contribution in [0, 0.1) is 0 Å². The number of likely N-dealkylation sites (tertiary alicyclic amines) is 2. The fraction of sp³-hybridized carbons (Fsp3) is 0.593. The lowest BCUT2D eigenvalue weighted by Crippen LogP contribution is -2.59. The quantitative estimate of drug-likeness (QED) is 0.685. The smallest absolute Gasteiger partial charge is 0.135 e. The van der Waals surface area contributed by atoms with Gasteiger partial charge in [0.05, 0.1) is 0 Å². The molecule has 0 atom stereocenters. The number of aromatic nitrogens is 1. The van der Waals surface area contributed by atoms with Crippen LogP contribution in [0.5, 0.6) is 0 Å². The minimum absolute atomic E-state index is 0.596.